The first-order valence-electron chi connectivity index (χ1n) is 6.07. The molecule has 0 spiro atoms. The average Bonchev–Trinajstić information content (AvgIpc) is 2.37. The van der Waals surface area contributed by atoms with E-state index < -0.39 is 10.0 Å². The van der Waals surface area contributed by atoms with Gasteiger partial charge in [-0.3, -0.25) is 4.98 Å². The van der Waals surface area contributed by atoms with Crippen molar-refractivity contribution in [2.45, 2.75) is 24.7 Å². The number of hydrogen-bond acceptors (Lipinski definition) is 4. The van der Waals surface area contributed by atoms with E-state index in [1.165, 1.54) is 12.3 Å². The lowest BCUT2D eigenvalue weighted by molar-refractivity contribution is 0.313. The van der Waals surface area contributed by atoms with Gasteiger partial charge in [-0.2, -0.15) is 0 Å². The van der Waals surface area contributed by atoms with Gasteiger partial charge in [-0.15, -0.1) is 0 Å². The Balaban J connectivity index is 2.52. The van der Waals surface area contributed by atoms with Crippen LogP contribution in [0.3, 0.4) is 0 Å². The van der Waals surface area contributed by atoms with E-state index in [1.807, 2.05) is 0 Å². The molecule has 0 aliphatic heterocycles. The number of rotatable bonds is 5. The number of nitrogens with two attached hydrogens (primary N) is 1. The van der Waals surface area contributed by atoms with Crippen molar-refractivity contribution in [2.75, 3.05) is 6.61 Å². The molecule has 0 bridgehead atoms. The maximum Gasteiger partial charge on any atom is 0.240 e. The number of benzene rings is 1. The van der Waals surface area contributed by atoms with Gasteiger partial charge in [0.2, 0.25) is 10.0 Å². The van der Waals surface area contributed by atoms with Crippen molar-refractivity contribution in [1.29, 1.82) is 0 Å². The van der Waals surface area contributed by atoms with Crippen LogP contribution >= 0.6 is 0 Å². The minimum absolute atomic E-state index is 0.0194. The van der Waals surface area contributed by atoms with Crippen molar-refractivity contribution < 1.29 is 13.2 Å². The van der Waals surface area contributed by atoms with Crippen LogP contribution in [0.15, 0.2) is 35.4 Å². The fourth-order valence-electron chi connectivity index (χ4n) is 1.80. The maximum atomic E-state index is 11.5. The fourth-order valence-corrected chi connectivity index (χ4v) is 2.49. The molecular weight excluding hydrogens is 264 g/mol. The second kappa shape index (κ2) is 5.54. The molecule has 19 heavy (non-hydrogen) atoms. The lowest BCUT2D eigenvalue weighted by atomic mass is 10.2. The van der Waals surface area contributed by atoms with Crippen LogP contribution in [-0.4, -0.2) is 20.0 Å². The molecule has 0 aliphatic carbocycles. The van der Waals surface area contributed by atoms with Crippen LogP contribution in [0.2, 0.25) is 0 Å². The number of hydrogen-bond donors (Lipinski definition) is 1. The Labute approximate surface area is 112 Å². The van der Waals surface area contributed by atoms with E-state index in [2.05, 4.69) is 11.9 Å². The summed E-state index contributed by atoms with van der Waals surface area (Å²) in [6.45, 7) is 2.67. The topological polar surface area (TPSA) is 82.3 Å². The molecule has 0 saturated heterocycles. The largest absolute Gasteiger partial charge is 0.493 e. The Kier molecular flexibility index (Phi) is 4.01. The average molecular weight is 280 g/mol. The van der Waals surface area contributed by atoms with Gasteiger partial charge in [0.05, 0.1) is 12.1 Å². The first-order chi connectivity index (χ1) is 9.04. The van der Waals surface area contributed by atoms with E-state index in [4.69, 9.17) is 9.88 Å². The first-order valence-corrected chi connectivity index (χ1v) is 7.62. The van der Waals surface area contributed by atoms with Crippen molar-refractivity contribution in [2.24, 2.45) is 5.14 Å². The summed E-state index contributed by atoms with van der Waals surface area (Å²) < 4.78 is 28.7. The smallest absolute Gasteiger partial charge is 0.240 e. The number of unbranched alkanes of at least 4 members (excludes halogenated alkanes) is 1. The molecule has 0 amide bonds. The van der Waals surface area contributed by atoms with Gasteiger partial charge >= 0.3 is 0 Å². The van der Waals surface area contributed by atoms with Gasteiger partial charge in [0, 0.05) is 11.6 Å². The number of sulfonamides is 1. The molecule has 5 nitrogen and oxygen atoms in total. The van der Waals surface area contributed by atoms with Crippen molar-refractivity contribution in [3.63, 3.8) is 0 Å². The molecule has 102 valence electrons. The van der Waals surface area contributed by atoms with Crippen LogP contribution in [0.5, 0.6) is 5.75 Å². The van der Waals surface area contributed by atoms with Crippen molar-refractivity contribution in [1.82, 2.24) is 4.98 Å². The quantitative estimate of drug-likeness (QED) is 0.850. The van der Waals surface area contributed by atoms with E-state index in [1.54, 1.807) is 18.2 Å². The zero-order valence-electron chi connectivity index (χ0n) is 10.7. The molecule has 2 rings (SSSR count). The van der Waals surface area contributed by atoms with E-state index in [9.17, 15) is 8.42 Å². The molecule has 2 N–H and O–H groups in total. The highest BCUT2D eigenvalue weighted by molar-refractivity contribution is 7.89. The summed E-state index contributed by atoms with van der Waals surface area (Å²) >= 11 is 0. The predicted molar refractivity (Wildman–Crippen MR) is 73.5 cm³/mol. The monoisotopic (exact) mass is 280 g/mol. The SMILES string of the molecule is CCCCOc1ccc(S(N)(=O)=O)c2ncccc12. The predicted octanol–water partition coefficient (Wildman–Crippen LogP) is 2.06. The molecule has 1 aromatic carbocycles. The summed E-state index contributed by atoms with van der Waals surface area (Å²) in [5.41, 5.74) is 0.346. The van der Waals surface area contributed by atoms with Gasteiger partial charge in [0.25, 0.3) is 0 Å². The number of nitrogens with zero attached hydrogens (tertiary/aromatic N) is 1. The zero-order valence-corrected chi connectivity index (χ0v) is 11.5. The van der Waals surface area contributed by atoms with Crippen molar-refractivity contribution >= 4 is 20.9 Å². The highest BCUT2D eigenvalue weighted by atomic mass is 32.2. The zero-order chi connectivity index (χ0) is 13.9. The third-order valence-electron chi connectivity index (χ3n) is 2.75. The number of primary sulfonamides is 1. The molecule has 0 atom stereocenters. The standard InChI is InChI=1S/C13H16N2O3S/c1-2-3-9-18-11-6-7-12(19(14,16)17)13-10(11)5-4-8-15-13/h4-8H,2-3,9H2,1H3,(H2,14,16,17). The summed E-state index contributed by atoms with van der Waals surface area (Å²) in [5.74, 6) is 0.629. The summed E-state index contributed by atoms with van der Waals surface area (Å²) in [6.07, 6.45) is 3.51. The number of pyridine rings is 1. The molecular formula is C13H16N2O3S. The highest BCUT2D eigenvalue weighted by Gasteiger charge is 2.15. The van der Waals surface area contributed by atoms with Crippen LogP contribution in [0.4, 0.5) is 0 Å². The molecule has 0 unspecified atom stereocenters. The van der Waals surface area contributed by atoms with Gasteiger partial charge in [0.15, 0.2) is 0 Å². The normalized spacial score (nSPS) is 11.7. The van der Waals surface area contributed by atoms with E-state index >= 15 is 0 Å². The lowest BCUT2D eigenvalue weighted by Gasteiger charge is -2.10. The molecule has 6 heteroatoms. The van der Waals surface area contributed by atoms with Gasteiger partial charge in [-0.25, -0.2) is 13.6 Å². The molecule has 1 heterocycles. The summed E-state index contributed by atoms with van der Waals surface area (Å²) in [7, 11) is -3.79. The first kappa shape index (κ1) is 13.8. The van der Waals surface area contributed by atoms with Gasteiger partial charge in [-0.1, -0.05) is 13.3 Å². The molecule has 0 saturated carbocycles. The van der Waals surface area contributed by atoms with Crippen molar-refractivity contribution in [3.8, 4) is 5.75 Å². The number of fused-ring (bicyclic) bond motifs is 1. The lowest BCUT2D eigenvalue weighted by Crippen LogP contribution is -2.13. The summed E-state index contributed by atoms with van der Waals surface area (Å²) in [4.78, 5) is 4.12. The van der Waals surface area contributed by atoms with Crippen LogP contribution in [0.1, 0.15) is 19.8 Å². The summed E-state index contributed by atoms with van der Waals surface area (Å²) in [5, 5.41) is 5.84. The van der Waals surface area contributed by atoms with Gasteiger partial charge in [0.1, 0.15) is 10.6 Å². The van der Waals surface area contributed by atoms with Crippen LogP contribution in [0.25, 0.3) is 10.9 Å². The molecule has 0 aliphatic rings. The number of aromatic nitrogens is 1. The van der Waals surface area contributed by atoms with Crippen molar-refractivity contribution in [3.05, 3.63) is 30.5 Å². The number of ether oxygens (including phenoxy) is 1. The molecule has 0 fully saturated rings. The fraction of sp³-hybridized carbons (Fsp3) is 0.308. The Morgan fingerprint density at radius 1 is 1.32 bits per heavy atom. The van der Waals surface area contributed by atoms with E-state index in [-0.39, 0.29) is 4.90 Å². The Morgan fingerprint density at radius 3 is 2.79 bits per heavy atom. The molecule has 2 aromatic rings. The second-order valence-electron chi connectivity index (χ2n) is 4.21. The molecule has 0 radical (unpaired) electrons. The minimum Gasteiger partial charge on any atom is -0.493 e. The minimum atomic E-state index is -3.79. The van der Waals surface area contributed by atoms with Gasteiger partial charge < -0.3 is 4.74 Å². The van der Waals surface area contributed by atoms with Crippen LogP contribution < -0.4 is 9.88 Å². The Bertz CT molecular complexity index is 683. The second-order valence-corrected chi connectivity index (χ2v) is 5.74. The Morgan fingerprint density at radius 2 is 2.11 bits per heavy atom. The van der Waals surface area contributed by atoms with Gasteiger partial charge in [-0.05, 0) is 30.7 Å². The van der Waals surface area contributed by atoms with Crippen LogP contribution in [0, 0.1) is 0 Å². The van der Waals surface area contributed by atoms with E-state index in [0.29, 0.717) is 23.3 Å². The highest BCUT2D eigenvalue weighted by Crippen LogP contribution is 2.29. The maximum absolute atomic E-state index is 11.5. The third kappa shape index (κ3) is 3.02. The Hall–Kier alpha value is -1.66. The molecule has 1 aromatic heterocycles. The van der Waals surface area contributed by atoms with Crippen LogP contribution in [-0.2, 0) is 10.0 Å². The third-order valence-corrected chi connectivity index (χ3v) is 3.70. The van der Waals surface area contributed by atoms with E-state index in [0.717, 1.165) is 12.8 Å². The summed E-state index contributed by atoms with van der Waals surface area (Å²) in [6, 6.07) is 6.57.